The van der Waals surface area contributed by atoms with Crippen LogP contribution in [-0.2, 0) is 10.0 Å². The van der Waals surface area contributed by atoms with E-state index in [0.717, 1.165) is 38.0 Å². The van der Waals surface area contributed by atoms with Crippen LogP contribution >= 0.6 is 11.6 Å². The molecule has 0 spiro atoms. The van der Waals surface area contributed by atoms with Crippen molar-refractivity contribution in [1.29, 1.82) is 0 Å². The van der Waals surface area contributed by atoms with Gasteiger partial charge in [-0.25, -0.2) is 8.42 Å². The highest BCUT2D eigenvalue weighted by Gasteiger charge is 2.27. The molecule has 1 N–H and O–H groups in total. The fourth-order valence-corrected chi connectivity index (χ4v) is 5.95. The monoisotopic (exact) mass is 461 g/mol. The second-order valence-electron chi connectivity index (χ2n) is 8.16. The molecule has 2 fully saturated rings. The van der Waals surface area contributed by atoms with Crippen LogP contribution in [0.4, 0.5) is 11.4 Å². The van der Waals surface area contributed by atoms with E-state index in [4.69, 9.17) is 11.6 Å². The number of amides is 1. The van der Waals surface area contributed by atoms with Crippen molar-refractivity contribution >= 4 is 38.9 Å². The third-order valence-corrected chi connectivity index (χ3v) is 8.21. The van der Waals surface area contributed by atoms with Crippen LogP contribution in [0.1, 0.15) is 48.9 Å². The van der Waals surface area contributed by atoms with E-state index < -0.39 is 15.9 Å². The molecule has 0 unspecified atom stereocenters. The van der Waals surface area contributed by atoms with Crippen molar-refractivity contribution in [2.24, 2.45) is 0 Å². The first-order valence-corrected chi connectivity index (χ1v) is 12.7. The molecule has 2 aliphatic heterocycles. The van der Waals surface area contributed by atoms with Crippen LogP contribution < -0.4 is 10.2 Å². The fraction of sp³-hybridized carbons (Fsp3) is 0.435. The van der Waals surface area contributed by atoms with Crippen LogP contribution in [0.2, 0.25) is 5.02 Å². The molecule has 2 aromatic rings. The van der Waals surface area contributed by atoms with Gasteiger partial charge in [-0.15, -0.1) is 0 Å². The van der Waals surface area contributed by atoms with Gasteiger partial charge in [-0.1, -0.05) is 18.0 Å². The lowest BCUT2D eigenvalue weighted by atomic mass is 10.1. The number of anilines is 2. The number of benzene rings is 2. The van der Waals surface area contributed by atoms with Crippen molar-refractivity contribution in [2.75, 3.05) is 36.4 Å². The SMILES string of the molecule is O=C(Nc1ccc(N2CCCCC2)cc1)c1cc(S(=O)(=O)N2CCCCC2)ccc1Cl. The van der Waals surface area contributed by atoms with Crippen LogP contribution in [0.3, 0.4) is 0 Å². The van der Waals surface area contributed by atoms with Crippen molar-refractivity contribution in [3.63, 3.8) is 0 Å². The second-order valence-corrected chi connectivity index (χ2v) is 10.5. The number of halogens is 1. The van der Waals surface area contributed by atoms with Crippen LogP contribution in [0.15, 0.2) is 47.4 Å². The molecule has 2 saturated heterocycles. The zero-order chi connectivity index (χ0) is 21.8. The lowest BCUT2D eigenvalue weighted by molar-refractivity contribution is 0.102. The number of hydrogen-bond donors (Lipinski definition) is 1. The lowest BCUT2D eigenvalue weighted by Crippen LogP contribution is -2.35. The molecule has 0 aliphatic carbocycles. The first-order valence-electron chi connectivity index (χ1n) is 10.9. The average molecular weight is 462 g/mol. The normalized spacial score (nSPS) is 18.0. The minimum Gasteiger partial charge on any atom is -0.372 e. The van der Waals surface area contributed by atoms with Gasteiger partial charge < -0.3 is 10.2 Å². The van der Waals surface area contributed by atoms with Crippen molar-refractivity contribution in [2.45, 2.75) is 43.4 Å². The minimum atomic E-state index is -3.64. The summed E-state index contributed by atoms with van der Waals surface area (Å²) in [5, 5.41) is 3.06. The van der Waals surface area contributed by atoms with E-state index in [1.165, 1.54) is 41.8 Å². The summed E-state index contributed by atoms with van der Waals surface area (Å²) in [4.78, 5) is 15.3. The first-order chi connectivity index (χ1) is 14.9. The van der Waals surface area contributed by atoms with Gasteiger partial charge in [-0.05, 0) is 74.6 Å². The number of rotatable bonds is 5. The first kappa shape index (κ1) is 22.1. The van der Waals surface area contributed by atoms with Gasteiger partial charge in [0.05, 0.1) is 15.5 Å². The zero-order valence-corrected chi connectivity index (χ0v) is 19.1. The van der Waals surface area contributed by atoms with Crippen LogP contribution in [0, 0.1) is 0 Å². The molecule has 8 heteroatoms. The summed E-state index contributed by atoms with van der Waals surface area (Å²) in [5.74, 6) is -0.425. The summed E-state index contributed by atoms with van der Waals surface area (Å²) >= 11 is 6.24. The maximum atomic E-state index is 13.0. The lowest BCUT2D eigenvalue weighted by Gasteiger charge is -2.28. The number of sulfonamides is 1. The molecule has 1 amide bonds. The van der Waals surface area contributed by atoms with Gasteiger partial charge in [0.1, 0.15) is 0 Å². The Morgan fingerprint density at radius 2 is 1.45 bits per heavy atom. The Balaban J connectivity index is 1.50. The third-order valence-electron chi connectivity index (χ3n) is 5.98. The number of carbonyl (C=O) groups excluding carboxylic acids is 1. The molecule has 2 heterocycles. The summed E-state index contributed by atoms with van der Waals surface area (Å²) < 4.78 is 27.4. The summed E-state index contributed by atoms with van der Waals surface area (Å²) in [6.45, 7) is 3.13. The molecule has 0 aromatic heterocycles. The van der Waals surface area contributed by atoms with Gasteiger partial charge >= 0.3 is 0 Å². The predicted molar refractivity (Wildman–Crippen MR) is 125 cm³/mol. The predicted octanol–water partition coefficient (Wildman–Crippen LogP) is 4.76. The van der Waals surface area contributed by atoms with Gasteiger partial charge in [-0.2, -0.15) is 4.31 Å². The fourth-order valence-electron chi connectivity index (χ4n) is 4.20. The van der Waals surface area contributed by atoms with E-state index in [1.807, 2.05) is 24.3 Å². The van der Waals surface area contributed by atoms with Crippen LogP contribution in [0.5, 0.6) is 0 Å². The molecule has 31 heavy (non-hydrogen) atoms. The summed E-state index contributed by atoms with van der Waals surface area (Å²) in [6.07, 6.45) is 6.43. The van der Waals surface area contributed by atoms with E-state index in [9.17, 15) is 13.2 Å². The topological polar surface area (TPSA) is 69.7 Å². The van der Waals surface area contributed by atoms with Crippen LogP contribution in [-0.4, -0.2) is 44.8 Å². The van der Waals surface area contributed by atoms with Gasteiger partial charge in [-0.3, -0.25) is 4.79 Å². The third kappa shape index (κ3) is 5.05. The van der Waals surface area contributed by atoms with E-state index in [0.29, 0.717) is 18.8 Å². The smallest absolute Gasteiger partial charge is 0.257 e. The molecule has 0 saturated carbocycles. The Morgan fingerprint density at radius 3 is 2.10 bits per heavy atom. The molecule has 0 bridgehead atoms. The maximum absolute atomic E-state index is 13.0. The average Bonchev–Trinajstić information content (AvgIpc) is 2.81. The highest BCUT2D eigenvalue weighted by molar-refractivity contribution is 7.89. The van der Waals surface area contributed by atoms with Crippen molar-refractivity contribution in [3.05, 3.63) is 53.1 Å². The molecular formula is C23H28ClN3O3S. The molecule has 4 rings (SSSR count). The Labute approximate surface area is 189 Å². The molecule has 2 aliphatic rings. The summed E-state index contributed by atoms with van der Waals surface area (Å²) in [7, 11) is -3.64. The van der Waals surface area contributed by atoms with Crippen molar-refractivity contribution in [1.82, 2.24) is 4.31 Å². The number of nitrogens with one attached hydrogen (secondary N) is 1. The van der Waals surface area contributed by atoms with Crippen molar-refractivity contribution in [3.8, 4) is 0 Å². The molecule has 0 radical (unpaired) electrons. The van der Waals surface area contributed by atoms with E-state index in [2.05, 4.69) is 10.2 Å². The standard InChI is InChI=1S/C23H28ClN3O3S/c24-22-12-11-20(31(29,30)27-15-5-2-6-16-27)17-21(22)23(28)25-18-7-9-19(10-8-18)26-13-3-1-4-14-26/h7-12,17H,1-6,13-16H2,(H,25,28). The second kappa shape index (κ2) is 9.59. The van der Waals surface area contributed by atoms with Gasteiger partial charge in [0.25, 0.3) is 5.91 Å². The maximum Gasteiger partial charge on any atom is 0.257 e. The van der Waals surface area contributed by atoms with Crippen LogP contribution in [0.25, 0.3) is 0 Å². The molecule has 0 atom stereocenters. The van der Waals surface area contributed by atoms with Gasteiger partial charge in [0.15, 0.2) is 0 Å². The largest absolute Gasteiger partial charge is 0.372 e. The molecule has 6 nitrogen and oxygen atoms in total. The van der Waals surface area contributed by atoms with E-state index >= 15 is 0 Å². The zero-order valence-electron chi connectivity index (χ0n) is 17.5. The molecule has 2 aromatic carbocycles. The Hall–Kier alpha value is -2.09. The molecular weight excluding hydrogens is 434 g/mol. The van der Waals surface area contributed by atoms with E-state index in [-0.39, 0.29) is 15.5 Å². The highest BCUT2D eigenvalue weighted by atomic mass is 35.5. The summed E-state index contributed by atoms with van der Waals surface area (Å²) in [5.41, 5.74) is 1.94. The van der Waals surface area contributed by atoms with E-state index in [1.54, 1.807) is 0 Å². The Morgan fingerprint density at radius 1 is 0.839 bits per heavy atom. The van der Waals surface area contributed by atoms with Crippen molar-refractivity contribution < 1.29 is 13.2 Å². The Bertz CT molecular complexity index is 1030. The number of hydrogen-bond acceptors (Lipinski definition) is 4. The van der Waals surface area contributed by atoms with Gasteiger partial charge in [0.2, 0.25) is 10.0 Å². The highest BCUT2D eigenvalue weighted by Crippen LogP contribution is 2.27. The minimum absolute atomic E-state index is 0.101. The number of nitrogens with zero attached hydrogens (tertiary/aromatic N) is 2. The summed E-state index contributed by atoms with van der Waals surface area (Å²) in [6, 6.07) is 12.1. The number of piperidine rings is 2. The molecule has 166 valence electrons. The van der Waals surface area contributed by atoms with Gasteiger partial charge in [0, 0.05) is 37.6 Å². The Kier molecular flexibility index (Phi) is 6.84. The quantitative estimate of drug-likeness (QED) is 0.697. The number of carbonyl (C=O) groups is 1.